The van der Waals surface area contributed by atoms with Crippen LogP contribution in [0.1, 0.15) is 15.4 Å². The number of hydrogen-bond acceptors (Lipinski definition) is 7. The lowest BCUT2D eigenvalue weighted by Crippen LogP contribution is -2.23. The van der Waals surface area contributed by atoms with Crippen molar-refractivity contribution in [2.24, 2.45) is 0 Å². The molecule has 0 radical (unpaired) electrons. The minimum absolute atomic E-state index is 0.114. The summed E-state index contributed by atoms with van der Waals surface area (Å²) in [5, 5.41) is 7.60. The number of amides is 1. The number of nitrogens with one attached hydrogen (secondary N) is 1. The van der Waals surface area contributed by atoms with Gasteiger partial charge in [0.1, 0.15) is 9.88 Å². The number of rotatable bonds is 6. The van der Waals surface area contributed by atoms with Gasteiger partial charge < -0.3 is 10.2 Å². The van der Waals surface area contributed by atoms with Gasteiger partial charge in [0.15, 0.2) is 0 Å². The average Bonchev–Trinajstić information content (AvgIpc) is 3.30. The summed E-state index contributed by atoms with van der Waals surface area (Å²) in [5.74, 6) is -0.316. The molecule has 0 aliphatic rings. The van der Waals surface area contributed by atoms with E-state index in [-0.39, 0.29) is 10.8 Å². The van der Waals surface area contributed by atoms with Crippen LogP contribution in [0.3, 0.4) is 0 Å². The molecule has 0 bridgehead atoms. The van der Waals surface area contributed by atoms with Gasteiger partial charge in [-0.25, -0.2) is 17.7 Å². The molecule has 10 heteroatoms. The highest BCUT2D eigenvalue weighted by Gasteiger charge is 2.22. The molecule has 1 aromatic carbocycles. The first-order valence-electron chi connectivity index (χ1n) is 8.66. The van der Waals surface area contributed by atoms with Crippen LogP contribution >= 0.6 is 22.7 Å². The molecule has 0 saturated heterocycles. The fraction of sp³-hybridized carbons (Fsp3) is 0.263. The number of hydrogen-bond donors (Lipinski definition) is 1. The molecule has 2 heterocycles. The fourth-order valence-corrected chi connectivity index (χ4v) is 5.27. The molecule has 29 heavy (non-hydrogen) atoms. The van der Waals surface area contributed by atoms with Crippen molar-refractivity contribution < 1.29 is 13.2 Å². The first-order chi connectivity index (χ1) is 13.6. The van der Waals surface area contributed by atoms with E-state index in [1.54, 1.807) is 24.3 Å². The van der Waals surface area contributed by atoms with E-state index in [2.05, 4.69) is 10.3 Å². The van der Waals surface area contributed by atoms with E-state index in [9.17, 15) is 13.2 Å². The van der Waals surface area contributed by atoms with Crippen LogP contribution in [0.15, 0.2) is 39.9 Å². The van der Waals surface area contributed by atoms with E-state index in [1.165, 1.54) is 37.6 Å². The van der Waals surface area contributed by atoms with Gasteiger partial charge in [-0.15, -0.1) is 11.3 Å². The minimum Gasteiger partial charge on any atom is -0.376 e. The SMILES string of the molecule is Cc1nc(-c2ccsc2)sc1C(=O)Nc1cc(S(=O)(=O)N(C)C)ccc1N(C)C. The molecule has 0 spiro atoms. The Kier molecular flexibility index (Phi) is 6.08. The Hall–Kier alpha value is -2.27. The van der Waals surface area contributed by atoms with Crippen LogP contribution in [0, 0.1) is 6.92 Å². The molecule has 0 saturated carbocycles. The maximum absolute atomic E-state index is 13.0. The fourth-order valence-electron chi connectivity index (χ4n) is 2.67. The monoisotopic (exact) mass is 450 g/mol. The first-order valence-corrected chi connectivity index (χ1v) is 11.9. The Morgan fingerprint density at radius 2 is 1.86 bits per heavy atom. The summed E-state index contributed by atoms with van der Waals surface area (Å²) in [7, 11) is 2.99. The third-order valence-electron chi connectivity index (χ3n) is 4.25. The highest BCUT2D eigenvalue weighted by atomic mass is 32.2. The van der Waals surface area contributed by atoms with Crippen LogP contribution in [0.25, 0.3) is 10.6 Å². The Balaban J connectivity index is 1.97. The molecule has 0 aliphatic carbocycles. The minimum atomic E-state index is -3.62. The quantitative estimate of drug-likeness (QED) is 0.618. The molecule has 0 aliphatic heterocycles. The van der Waals surface area contributed by atoms with Gasteiger partial charge >= 0.3 is 0 Å². The zero-order valence-electron chi connectivity index (χ0n) is 16.8. The maximum Gasteiger partial charge on any atom is 0.267 e. The Morgan fingerprint density at radius 1 is 1.14 bits per heavy atom. The third kappa shape index (κ3) is 4.35. The molecular formula is C19H22N4O3S3. The van der Waals surface area contributed by atoms with E-state index in [4.69, 9.17) is 0 Å². The topological polar surface area (TPSA) is 82.6 Å². The summed E-state index contributed by atoms with van der Waals surface area (Å²) < 4.78 is 26.1. The number of anilines is 2. The summed E-state index contributed by atoms with van der Waals surface area (Å²) in [6, 6.07) is 6.67. The van der Waals surface area contributed by atoms with Gasteiger partial charge in [0.05, 0.1) is 22.0 Å². The zero-order valence-corrected chi connectivity index (χ0v) is 19.2. The van der Waals surface area contributed by atoms with Gasteiger partial charge in [0.25, 0.3) is 5.91 Å². The molecule has 7 nitrogen and oxygen atoms in total. The van der Waals surface area contributed by atoms with E-state index in [0.29, 0.717) is 21.9 Å². The molecule has 0 fully saturated rings. The molecule has 3 rings (SSSR count). The highest BCUT2D eigenvalue weighted by molar-refractivity contribution is 7.89. The summed E-state index contributed by atoms with van der Waals surface area (Å²) >= 11 is 2.89. The predicted octanol–water partition coefficient (Wildman–Crippen LogP) is 3.75. The van der Waals surface area contributed by atoms with E-state index in [0.717, 1.165) is 14.9 Å². The summed E-state index contributed by atoms with van der Waals surface area (Å²) in [5.41, 5.74) is 2.75. The number of thiophene rings is 1. The van der Waals surface area contributed by atoms with Crippen molar-refractivity contribution in [3.8, 4) is 10.6 Å². The number of thiazole rings is 1. The van der Waals surface area contributed by atoms with Crippen molar-refractivity contribution in [1.82, 2.24) is 9.29 Å². The normalized spacial score (nSPS) is 11.7. The number of benzene rings is 1. The van der Waals surface area contributed by atoms with Crippen molar-refractivity contribution in [3.63, 3.8) is 0 Å². The van der Waals surface area contributed by atoms with Gasteiger partial charge in [-0.3, -0.25) is 4.79 Å². The van der Waals surface area contributed by atoms with Gasteiger partial charge in [0, 0.05) is 39.1 Å². The van der Waals surface area contributed by atoms with Crippen LogP contribution in [0.4, 0.5) is 11.4 Å². The van der Waals surface area contributed by atoms with Crippen LogP contribution in [-0.4, -0.2) is 51.8 Å². The molecule has 2 aromatic heterocycles. The van der Waals surface area contributed by atoms with Crippen LogP contribution in [-0.2, 0) is 10.0 Å². The zero-order chi connectivity index (χ0) is 21.3. The van der Waals surface area contributed by atoms with Gasteiger partial charge in [0.2, 0.25) is 10.0 Å². The second-order valence-electron chi connectivity index (χ2n) is 6.76. The van der Waals surface area contributed by atoms with Crippen molar-refractivity contribution in [1.29, 1.82) is 0 Å². The lowest BCUT2D eigenvalue weighted by atomic mass is 10.2. The first kappa shape index (κ1) is 21.4. The molecular weight excluding hydrogens is 428 g/mol. The standard InChI is InChI=1S/C19H22N4O3S3/c1-12-17(28-19(20-12)13-8-9-27-11-13)18(24)21-15-10-14(29(25,26)23(4)5)6-7-16(15)22(2)3/h6-11H,1-5H3,(H,21,24). The maximum atomic E-state index is 13.0. The van der Waals surface area contributed by atoms with E-state index < -0.39 is 10.0 Å². The number of nitrogens with zero attached hydrogens (tertiary/aromatic N) is 3. The largest absolute Gasteiger partial charge is 0.376 e. The summed E-state index contributed by atoms with van der Waals surface area (Å²) in [6.45, 7) is 1.79. The Morgan fingerprint density at radius 3 is 2.45 bits per heavy atom. The molecule has 3 aromatic rings. The number of carbonyl (C=O) groups is 1. The van der Waals surface area contributed by atoms with Gasteiger partial charge in [-0.2, -0.15) is 11.3 Å². The number of carbonyl (C=O) groups excluding carboxylic acids is 1. The summed E-state index contributed by atoms with van der Waals surface area (Å²) in [6.07, 6.45) is 0. The van der Waals surface area contributed by atoms with Crippen molar-refractivity contribution in [2.45, 2.75) is 11.8 Å². The number of sulfonamides is 1. The van der Waals surface area contributed by atoms with Crippen molar-refractivity contribution in [3.05, 3.63) is 45.6 Å². The molecule has 154 valence electrons. The lowest BCUT2D eigenvalue weighted by Gasteiger charge is -2.20. The molecule has 0 atom stereocenters. The van der Waals surface area contributed by atoms with Crippen molar-refractivity contribution >= 4 is 50.0 Å². The van der Waals surface area contributed by atoms with Crippen LogP contribution < -0.4 is 10.2 Å². The smallest absolute Gasteiger partial charge is 0.267 e. The Bertz CT molecular complexity index is 1130. The van der Waals surface area contributed by atoms with Gasteiger partial charge in [-0.05, 0) is 36.6 Å². The van der Waals surface area contributed by atoms with Crippen LogP contribution in [0.5, 0.6) is 0 Å². The second-order valence-corrected chi connectivity index (χ2v) is 10.7. The summed E-state index contributed by atoms with van der Waals surface area (Å²) in [4.78, 5) is 19.9. The number of aryl methyl sites for hydroxylation is 1. The van der Waals surface area contributed by atoms with Gasteiger partial charge in [-0.1, -0.05) is 0 Å². The van der Waals surface area contributed by atoms with E-state index in [1.807, 2.05) is 35.8 Å². The predicted molar refractivity (Wildman–Crippen MR) is 120 cm³/mol. The Labute approximate surface area is 178 Å². The number of aromatic nitrogens is 1. The average molecular weight is 451 g/mol. The molecule has 1 N–H and O–H groups in total. The second kappa shape index (κ2) is 8.23. The van der Waals surface area contributed by atoms with Crippen LogP contribution in [0.2, 0.25) is 0 Å². The van der Waals surface area contributed by atoms with E-state index >= 15 is 0 Å². The molecule has 1 amide bonds. The highest BCUT2D eigenvalue weighted by Crippen LogP contribution is 2.32. The van der Waals surface area contributed by atoms with Crippen molar-refractivity contribution in [2.75, 3.05) is 38.4 Å². The third-order valence-corrected chi connectivity index (χ3v) is 7.95. The lowest BCUT2D eigenvalue weighted by molar-refractivity contribution is 0.103. The molecule has 0 unspecified atom stereocenters.